The first kappa shape index (κ1) is 14.0. The first-order chi connectivity index (χ1) is 8.04. The van der Waals surface area contributed by atoms with Gasteiger partial charge < -0.3 is 0 Å². The second-order valence-electron chi connectivity index (χ2n) is 3.40. The van der Waals surface area contributed by atoms with E-state index in [0.717, 1.165) is 12.1 Å². The van der Waals surface area contributed by atoms with Crippen molar-refractivity contribution in [2.45, 2.75) is 0 Å². The maximum absolute atomic E-state index is 14.0. The average molecular weight is 325 g/mol. The quantitative estimate of drug-likeness (QED) is 0.565. The fourth-order valence-electron chi connectivity index (χ4n) is 1.18. The predicted octanol–water partition coefficient (Wildman–Crippen LogP) is 5.41. The van der Waals surface area contributed by atoms with Crippen LogP contribution >= 0.6 is 24.1 Å². The Balaban J connectivity index is 2.33. The van der Waals surface area contributed by atoms with Gasteiger partial charge in [0, 0.05) is 0 Å². The van der Waals surface area contributed by atoms with E-state index < -0.39 is 24.1 Å². The van der Waals surface area contributed by atoms with E-state index in [-0.39, 0.29) is 5.75 Å². The van der Waals surface area contributed by atoms with Crippen LogP contribution in [-0.4, -0.2) is 0 Å². The second-order valence-corrected chi connectivity index (χ2v) is 9.31. The van der Waals surface area contributed by atoms with Crippen LogP contribution in [0.15, 0.2) is 34.8 Å². The zero-order valence-electron chi connectivity index (χ0n) is 8.47. The molecule has 0 bridgehead atoms. The van der Waals surface area contributed by atoms with E-state index in [9.17, 15) is 21.0 Å². The first-order valence-electron chi connectivity index (χ1n) is 4.44. The molecule has 0 saturated carbocycles. The van der Waals surface area contributed by atoms with Crippen LogP contribution < -0.4 is 14.2 Å². The molecule has 102 valence electrons. The van der Waals surface area contributed by atoms with E-state index in [1.165, 1.54) is 23.1 Å². The summed E-state index contributed by atoms with van der Waals surface area (Å²) in [6.45, 7) is 0. The van der Waals surface area contributed by atoms with Gasteiger partial charge in [0.05, 0.1) is 0 Å². The van der Waals surface area contributed by atoms with E-state index in [1.54, 1.807) is 0 Å². The van der Waals surface area contributed by atoms with Crippen molar-refractivity contribution in [1.82, 2.24) is 9.72 Å². The molecule has 0 fully saturated rings. The van der Waals surface area contributed by atoms with Gasteiger partial charge in [-0.15, -0.1) is 0 Å². The minimum absolute atomic E-state index is 0.357. The molecule has 0 radical (unpaired) electrons. The Kier molecular flexibility index (Phi) is 2.93. The van der Waals surface area contributed by atoms with Gasteiger partial charge in [0.2, 0.25) is 0 Å². The third kappa shape index (κ3) is 3.31. The van der Waals surface area contributed by atoms with Crippen molar-refractivity contribution in [2.75, 3.05) is 0 Å². The number of benzene rings is 1. The van der Waals surface area contributed by atoms with Gasteiger partial charge >= 0.3 is 99.9 Å². The Hall–Kier alpha value is -0.450. The Morgan fingerprint density at radius 3 is 2.22 bits per heavy atom. The van der Waals surface area contributed by atoms with Crippen molar-refractivity contribution in [2.24, 2.45) is 4.52 Å². The van der Waals surface area contributed by atoms with Crippen molar-refractivity contribution < 1.29 is 25.5 Å². The van der Waals surface area contributed by atoms with Gasteiger partial charge in [0.15, 0.2) is 0 Å². The molecule has 2 rings (SSSR count). The van der Waals surface area contributed by atoms with Gasteiger partial charge in [-0.2, -0.15) is 0 Å². The summed E-state index contributed by atoms with van der Waals surface area (Å²) in [4.78, 5) is 1.77. The van der Waals surface area contributed by atoms with Crippen molar-refractivity contribution in [3.05, 3.63) is 30.3 Å². The molecule has 0 unspecified atom stereocenters. The third-order valence-corrected chi connectivity index (χ3v) is 8.08. The van der Waals surface area contributed by atoms with Crippen LogP contribution in [0.25, 0.3) is 0 Å². The summed E-state index contributed by atoms with van der Waals surface area (Å²) in [5.41, 5.74) is 0. The molecule has 0 atom stereocenters. The number of para-hydroxylation sites is 1. The molecule has 0 amide bonds. The normalized spacial score (nSPS) is 32.1. The molecule has 0 spiro atoms. The molecule has 2 N–H and O–H groups in total. The Labute approximate surface area is 101 Å². The molecular formula is C6H7F5N3OP3. The molecule has 1 aromatic carbocycles. The van der Waals surface area contributed by atoms with E-state index in [2.05, 4.69) is 9.04 Å². The number of nitrogens with zero attached hydrogens (tertiary/aromatic N) is 1. The van der Waals surface area contributed by atoms with E-state index >= 15 is 0 Å². The summed E-state index contributed by atoms with van der Waals surface area (Å²) >= 11 is 0. The summed E-state index contributed by atoms with van der Waals surface area (Å²) in [5.74, 6) is -0.357. The molecule has 1 heterocycles. The number of hydrogen-bond donors (Lipinski definition) is 2. The van der Waals surface area contributed by atoms with E-state index in [1.807, 2.05) is 0 Å². The predicted molar refractivity (Wildman–Crippen MR) is 62.1 cm³/mol. The molecule has 18 heavy (non-hydrogen) atoms. The van der Waals surface area contributed by atoms with Crippen LogP contribution in [0.3, 0.4) is 0 Å². The van der Waals surface area contributed by atoms with Crippen LogP contribution in [0.2, 0.25) is 0 Å². The molecule has 12 heteroatoms. The van der Waals surface area contributed by atoms with Gasteiger partial charge in [-0.1, -0.05) is 0 Å². The van der Waals surface area contributed by atoms with Crippen LogP contribution in [-0.2, 0) is 0 Å². The molecular weight excluding hydrogens is 318 g/mol. The van der Waals surface area contributed by atoms with Crippen molar-refractivity contribution >= 4 is 24.1 Å². The molecule has 1 aromatic rings. The summed E-state index contributed by atoms with van der Waals surface area (Å²) in [6.07, 6.45) is 0. The monoisotopic (exact) mass is 325 g/mol. The molecule has 4 nitrogen and oxygen atoms in total. The summed E-state index contributed by atoms with van der Waals surface area (Å²) in [6, 6.07) is 6.56. The van der Waals surface area contributed by atoms with E-state index in [0.29, 0.717) is 4.86 Å². The Morgan fingerprint density at radius 2 is 1.67 bits per heavy atom. The third-order valence-electron chi connectivity index (χ3n) is 1.74. The minimum atomic E-state index is -7.44. The van der Waals surface area contributed by atoms with Crippen molar-refractivity contribution in [3.63, 3.8) is 0 Å². The van der Waals surface area contributed by atoms with Crippen molar-refractivity contribution in [1.29, 1.82) is 0 Å². The number of hydrogen-bond acceptors (Lipinski definition) is 4. The molecule has 0 saturated heterocycles. The maximum atomic E-state index is 14.0. The van der Waals surface area contributed by atoms with Crippen LogP contribution in [0.1, 0.15) is 0 Å². The van der Waals surface area contributed by atoms with Crippen LogP contribution in [0.4, 0.5) is 21.0 Å². The van der Waals surface area contributed by atoms with Crippen molar-refractivity contribution in [3.8, 4) is 5.75 Å². The summed E-state index contributed by atoms with van der Waals surface area (Å²) in [5, 5.41) is 0. The van der Waals surface area contributed by atoms with Gasteiger partial charge in [-0.05, 0) is 0 Å². The summed E-state index contributed by atoms with van der Waals surface area (Å²) in [7, 11) is -15.1. The molecule has 1 aliphatic rings. The van der Waals surface area contributed by atoms with E-state index in [4.69, 9.17) is 0 Å². The first-order valence-corrected chi connectivity index (χ1v) is 9.08. The van der Waals surface area contributed by atoms with Crippen LogP contribution in [0.5, 0.6) is 5.75 Å². The van der Waals surface area contributed by atoms with Gasteiger partial charge in [0.25, 0.3) is 0 Å². The molecule has 0 aliphatic carbocycles. The standard InChI is InChI=1S/C6H7F5N3OP3/c7-17(8,9)12-16-13-18(10,11,14-17)15-6-4-2-1-3-5-6/h1-5,14H,(H,12,13). The zero-order chi connectivity index (χ0) is 13.5. The number of nitrogens with one attached hydrogen (secondary N) is 2. The van der Waals surface area contributed by atoms with Crippen LogP contribution in [0, 0.1) is 0 Å². The fourth-order valence-corrected chi connectivity index (χ4v) is 6.91. The SMILES string of the molecule is FP1(F)(F)N=PNP(F)(F)(Oc2ccccc2)N1. The molecule has 0 aromatic heterocycles. The fraction of sp³-hybridized carbons (Fsp3) is 0. The number of rotatable bonds is 2. The topological polar surface area (TPSA) is 45.7 Å². The zero-order valence-corrected chi connectivity index (χ0v) is 11.2. The van der Waals surface area contributed by atoms with Gasteiger partial charge in [-0.3, -0.25) is 0 Å². The second kappa shape index (κ2) is 3.78. The molecule has 1 aliphatic heterocycles. The summed E-state index contributed by atoms with van der Waals surface area (Å²) < 4.78 is 73.2. The Morgan fingerprint density at radius 1 is 1.06 bits per heavy atom. The average Bonchev–Trinajstić information content (AvgIpc) is 2.13. The van der Waals surface area contributed by atoms with Gasteiger partial charge in [-0.25, -0.2) is 0 Å². The van der Waals surface area contributed by atoms with Gasteiger partial charge in [0.1, 0.15) is 0 Å². The Bertz CT molecular complexity index is 504. The number of halogens is 5.